The third-order valence-corrected chi connectivity index (χ3v) is 6.37. The Kier molecular flexibility index (Phi) is 5.01. The summed E-state index contributed by atoms with van der Waals surface area (Å²) in [4.78, 5) is 0. The van der Waals surface area contributed by atoms with Gasteiger partial charge in [-0.2, -0.15) is 10.2 Å². The smallest absolute Gasteiger partial charge is 0.257 e. The third-order valence-electron chi connectivity index (χ3n) is 3.78. The molecule has 2 aromatic carbocycles. The van der Waals surface area contributed by atoms with E-state index in [0.717, 1.165) is 5.56 Å². The summed E-state index contributed by atoms with van der Waals surface area (Å²) in [6.45, 7) is 0. The number of hydrogen-bond acceptors (Lipinski definition) is 4. The van der Waals surface area contributed by atoms with Gasteiger partial charge >= 0.3 is 0 Å². The van der Waals surface area contributed by atoms with E-state index in [1.165, 1.54) is 17.6 Å². The summed E-state index contributed by atoms with van der Waals surface area (Å²) in [6.07, 6.45) is 5.11. The first-order valence-electron chi connectivity index (χ1n) is 7.55. The standard InChI is InChI=1S/C18H16ClN3O2S/c1-22-16-12-6-5-11-15(16)17(18(19)25(22,23)24)21-20-13-7-10-14-8-3-2-4-9-14/h2-13,18H,1H3/b10-7+,20-13+,21-17-/t18-/m0/s1. The quantitative estimate of drug-likeness (QED) is 0.469. The monoisotopic (exact) mass is 373 g/mol. The average Bonchev–Trinajstić information content (AvgIpc) is 2.63. The molecule has 0 aliphatic carbocycles. The molecule has 0 radical (unpaired) electrons. The molecule has 0 N–H and O–H groups in total. The van der Waals surface area contributed by atoms with Crippen LogP contribution in [-0.4, -0.2) is 32.1 Å². The Morgan fingerprint density at radius 3 is 2.52 bits per heavy atom. The Hall–Kier alpha value is -2.44. The summed E-state index contributed by atoms with van der Waals surface area (Å²) in [6, 6.07) is 16.8. The molecule has 128 valence electrons. The Morgan fingerprint density at radius 2 is 1.76 bits per heavy atom. The van der Waals surface area contributed by atoms with Gasteiger partial charge in [0.2, 0.25) is 0 Å². The first-order chi connectivity index (χ1) is 12.0. The largest absolute Gasteiger partial charge is 0.271 e. The van der Waals surface area contributed by atoms with Gasteiger partial charge in [0.05, 0.1) is 5.69 Å². The molecule has 1 atom stereocenters. The van der Waals surface area contributed by atoms with Crippen LogP contribution in [0.5, 0.6) is 0 Å². The minimum atomic E-state index is -3.71. The number of halogens is 1. The predicted molar refractivity (Wildman–Crippen MR) is 104 cm³/mol. The fourth-order valence-electron chi connectivity index (χ4n) is 2.46. The number of allylic oxidation sites excluding steroid dienone is 1. The van der Waals surface area contributed by atoms with Crippen molar-refractivity contribution in [3.8, 4) is 0 Å². The highest BCUT2D eigenvalue weighted by Crippen LogP contribution is 2.33. The Labute approximate surface area is 152 Å². The fraction of sp³-hybridized carbons (Fsp3) is 0.111. The van der Waals surface area contributed by atoms with Gasteiger partial charge in [-0.25, -0.2) is 8.42 Å². The molecule has 0 saturated heterocycles. The van der Waals surface area contributed by atoms with Crippen LogP contribution in [0.25, 0.3) is 6.08 Å². The van der Waals surface area contributed by atoms with E-state index in [1.807, 2.05) is 42.5 Å². The zero-order chi connectivity index (χ0) is 17.9. The van der Waals surface area contributed by atoms with Crippen molar-refractivity contribution < 1.29 is 8.42 Å². The number of nitrogens with zero attached hydrogens (tertiary/aromatic N) is 3. The number of rotatable bonds is 3. The number of fused-ring (bicyclic) bond motifs is 1. The second-order valence-corrected chi connectivity index (χ2v) is 8.11. The predicted octanol–water partition coefficient (Wildman–Crippen LogP) is 3.52. The van der Waals surface area contributed by atoms with Crippen molar-refractivity contribution in [2.45, 2.75) is 4.71 Å². The van der Waals surface area contributed by atoms with E-state index in [2.05, 4.69) is 10.2 Å². The van der Waals surface area contributed by atoms with Gasteiger partial charge in [-0.1, -0.05) is 66.2 Å². The molecule has 25 heavy (non-hydrogen) atoms. The van der Waals surface area contributed by atoms with Crippen molar-refractivity contribution >= 4 is 45.3 Å². The molecule has 0 bridgehead atoms. The lowest BCUT2D eigenvalue weighted by atomic mass is 10.1. The summed E-state index contributed by atoms with van der Waals surface area (Å²) in [5, 5.41) is 8.02. The highest BCUT2D eigenvalue weighted by atomic mass is 35.5. The van der Waals surface area contributed by atoms with Crippen molar-refractivity contribution in [2.24, 2.45) is 10.2 Å². The van der Waals surface area contributed by atoms with Gasteiger partial charge in [-0.3, -0.25) is 4.31 Å². The second-order valence-electron chi connectivity index (χ2n) is 5.37. The fourth-order valence-corrected chi connectivity index (χ4v) is 4.14. The van der Waals surface area contributed by atoms with Gasteiger partial charge in [0.25, 0.3) is 10.0 Å². The molecular weight excluding hydrogens is 358 g/mol. The van der Waals surface area contributed by atoms with Gasteiger partial charge in [-0.15, -0.1) is 0 Å². The molecule has 5 nitrogen and oxygen atoms in total. The van der Waals surface area contributed by atoms with Crippen molar-refractivity contribution in [3.63, 3.8) is 0 Å². The van der Waals surface area contributed by atoms with Crippen LogP contribution in [0.4, 0.5) is 5.69 Å². The van der Waals surface area contributed by atoms with E-state index >= 15 is 0 Å². The van der Waals surface area contributed by atoms with Gasteiger partial charge in [0.1, 0.15) is 5.71 Å². The number of hydrogen-bond donors (Lipinski definition) is 0. The molecular formula is C18H16ClN3O2S. The molecule has 1 heterocycles. The Morgan fingerprint density at radius 1 is 1.08 bits per heavy atom. The van der Waals surface area contributed by atoms with E-state index in [0.29, 0.717) is 11.3 Å². The molecule has 0 aromatic heterocycles. The lowest BCUT2D eigenvalue weighted by Crippen LogP contribution is -2.43. The maximum atomic E-state index is 12.4. The zero-order valence-electron chi connectivity index (χ0n) is 13.4. The number of anilines is 1. The normalized spacial score (nSPS) is 21.1. The number of sulfonamides is 1. The van der Waals surface area contributed by atoms with Crippen LogP contribution in [-0.2, 0) is 10.0 Å². The van der Waals surface area contributed by atoms with Crippen LogP contribution < -0.4 is 4.31 Å². The summed E-state index contributed by atoms with van der Waals surface area (Å²) in [7, 11) is -2.23. The van der Waals surface area contributed by atoms with Crippen molar-refractivity contribution in [1.82, 2.24) is 0 Å². The summed E-state index contributed by atoms with van der Waals surface area (Å²) in [5.74, 6) is 0. The summed E-state index contributed by atoms with van der Waals surface area (Å²) < 4.78 is 24.7. The topological polar surface area (TPSA) is 62.1 Å². The van der Waals surface area contributed by atoms with E-state index < -0.39 is 14.7 Å². The molecule has 0 unspecified atom stereocenters. The van der Waals surface area contributed by atoms with Crippen LogP contribution in [0.1, 0.15) is 11.1 Å². The minimum absolute atomic E-state index is 0.222. The maximum absolute atomic E-state index is 12.4. The molecule has 0 spiro atoms. The van der Waals surface area contributed by atoms with Gasteiger partial charge in [0.15, 0.2) is 4.71 Å². The van der Waals surface area contributed by atoms with Gasteiger partial charge in [-0.05, 0) is 17.7 Å². The molecule has 3 rings (SSSR count). The van der Waals surface area contributed by atoms with E-state index in [9.17, 15) is 8.42 Å². The summed E-state index contributed by atoms with van der Waals surface area (Å²) in [5.41, 5.74) is 2.45. The zero-order valence-corrected chi connectivity index (χ0v) is 15.0. The number of benzene rings is 2. The van der Waals surface area contributed by atoms with Crippen LogP contribution in [0.2, 0.25) is 0 Å². The first kappa shape index (κ1) is 17.4. The maximum Gasteiger partial charge on any atom is 0.257 e. The number of para-hydroxylation sites is 1. The first-order valence-corrected chi connectivity index (χ1v) is 9.49. The molecule has 0 saturated carbocycles. The van der Waals surface area contributed by atoms with Crippen LogP contribution in [0.15, 0.2) is 70.9 Å². The molecule has 7 heteroatoms. The molecule has 0 fully saturated rings. The van der Waals surface area contributed by atoms with Crippen molar-refractivity contribution in [2.75, 3.05) is 11.4 Å². The molecule has 1 aliphatic heterocycles. The molecule has 2 aromatic rings. The SMILES string of the molecule is CN1c2ccccc2/C(=N/N=C/C=C/c2ccccc2)[C@@H](Cl)S1(=O)=O. The van der Waals surface area contributed by atoms with E-state index in [-0.39, 0.29) is 5.71 Å². The highest BCUT2D eigenvalue weighted by molar-refractivity contribution is 7.95. The minimum Gasteiger partial charge on any atom is -0.271 e. The van der Waals surface area contributed by atoms with Crippen LogP contribution >= 0.6 is 11.6 Å². The third kappa shape index (κ3) is 3.50. The van der Waals surface area contributed by atoms with Crippen LogP contribution in [0, 0.1) is 0 Å². The lowest BCUT2D eigenvalue weighted by Gasteiger charge is -2.30. The lowest BCUT2D eigenvalue weighted by molar-refractivity contribution is 0.595. The van der Waals surface area contributed by atoms with E-state index in [4.69, 9.17) is 11.6 Å². The molecule has 1 aliphatic rings. The van der Waals surface area contributed by atoms with Crippen molar-refractivity contribution in [3.05, 3.63) is 71.8 Å². The molecule has 0 amide bonds. The summed E-state index contributed by atoms with van der Waals surface area (Å²) >= 11 is 6.15. The van der Waals surface area contributed by atoms with Gasteiger partial charge in [0, 0.05) is 18.8 Å². The van der Waals surface area contributed by atoms with Gasteiger partial charge < -0.3 is 0 Å². The Bertz CT molecular complexity index is 953. The van der Waals surface area contributed by atoms with E-state index in [1.54, 1.807) is 24.3 Å². The second kappa shape index (κ2) is 7.21. The number of alkyl halides is 1. The average molecular weight is 374 g/mol. The highest BCUT2D eigenvalue weighted by Gasteiger charge is 2.40. The van der Waals surface area contributed by atoms with Crippen molar-refractivity contribution in [1.29, 1.82) is 0 Å². The van der Waals surface area contributed by atoms with Crippen LogP contribution in [0.3, 0.4) is 0 Å². The Balaban J connectivity index is 1.90.